The van der Waals surface area contributed by atoms with E-state index < -0.39 is 0 Å². The van der Waals surface area contributed by atoms with Crippen LogP contribution in [0.1, 0.15) is 22.3 Å². The fourth-order valence-electron chi connectivity index (χ4n) is 1.37. The van der Waals surface area contributed by atoms with Crippen LogP contribution in [0.4, 0.5) is 0 Å². The summed E-state index contributed by atoms with van der Waals surface area (Å²) in [6.45, 7) is 0. The fourth-order valence-corrected chi connectivity index (χ4v) is 1.37. The molecule has 0 radical (unpaired) electrons. The van der Waals surface area contributed by atoms with Gasteiger partial charge in [-0.3, -0.25) is 11.8 Å². The largest absolute Gasteiger partial charge is 2.00 e. The molecule has 2 aromatic carbocycles. The molecule has 2 aromatic rings. The van der Waals surface area contributed by atoms with Gasteiger partial charge >= 0.3 is 48.9 Å². The van der Waals surface area contributed by atoms with Crippen LogP contribution in [-0.4, -0.2) is 48.9 Å². The Labute approximate surface area is 167 Å². The summed E-state index contributed by atoms with van der Waals surface area (Å²) in [5.41, 5.74) is 3.01. The van der Waals surface area contributed by atoms with Gasteiger partial charge in [0.2, 0.25) is 0 Å². The molecule has 0 amide bonds. The standard InChI is InChI=1S/2C10H5.Ba/c2*1-3-9-6-5-7-10(4-2)8-9;/h2*1,5-8H;/q2*-1;+2. The summed E-state index contributed by atoms with van der Waals surface area (Å²) in [5, 5.41) is 0. The molecule has 92 valence electrons. The molecule has 0 fully saturated rings. The summed E-state index contributed by atoms with van der Waals surface area (Å²) in [6, 6.07) is 14.3. The molecule has 2 rings (SSSR count). The van der Waals surface area contributed by atoms with Crippen LogP contribution in [0.25, 0.3) is 0 Å². The van der Waals surface area contributed by atoms with E-state index in [0.717, 1.165) is 22.3 Å². The SMILES string of the molecule is [Ba+2].[C-]#Cc1cccc(C#C)c1.[C-]#Cc1cccc(C#C)c1. The Kier molecular flexibility index (Phi) is 10.1. The summed E-state index contributed by atoms with van der Waals surface area (Å²) in [6.07, 6.45) is 23.9. The summed E-state index contributed by atoms with van der Waals surface area (Å²) in [7, 11) is 0. The Bertz CT molecular complexity index is 630. The van der Waals surface area contributed by atoms with Gasteiger partial charge < -0.3 is 12.8 Å². The summed E-state index contributed by atoms with van der Waals surface area (Å²) < 4.78 is 0. The van der Waals surface area contributed by atoms with E-state index >= 15 is 0 Å². The van der Waals surface area contributed by atoms with E-state index in [1.807, 2.05) is 24.3 Å². The van der Waals surface area contributed by atoms with Crippen LogP contribution in [0.15, 0.2) is 48.5 Å². The predicted octanol–water partition coefficient (Wildman–Crippen LogP) is 2.83. The van der Waals surface area contributed by atoms with Crippen LogP contribution in [0, 0.1) is 49.4 Å². The Morgan fingerprint density at radius 2 is 1.00 bits per heavy atom. The van der Waals surface area contributed by atoms with Crippen LogP contribution in [0.2, 0.25) is 0 Å². The van der Waals surface area contributed by atoms with Crippen molar-refractivity contribution in [2.24, 2.45) is 0 Å². The van der Waals surface area contributed by atoms with E-state index in [2.05, 4.69) is 23.7 Å². The molecule has 1 heteroatoms. The maximum absolute atomic E-state index is 6.80. The zero-order valence-corrected chi connectivity index (χ0v) is 15.9. The van der Waals surface area contributed by atoms with Gasteiger partial charge in [0.25, 0.3) is 0 Å². The average Bonchev–Trinajstić information content (AvgIpc) is 2.55. The third-order valence-electron chi connectivity index (χ3n) is 2.35. The molecule has 0 unspecified atom stereocenters. The van der Waals surface area contributed by atoms with E-state index in [4.69, 9.17) is 25.7 Å². The van der Waals surface area contributed by atoms with Gasteiger partial charge in [-0.05, 0) is 12.1 Å². The molecule has 0 aliphatic carbocycles. The maximum atomic E-state index is 6.80. The summed E-state index contributed by atoms with van der Waals surface area (Å²) in [4.78, 5) is 0. The number of rotatable bonds is 0. The van der Waals surface area contributed by atoms with E-state index in [9.17, 15) is 0 Å². The third-order valence-corrected chi connectivity index (χ3v) is 2.35. The zero-order valence-electron chi connectivity index (χ0n) is 11.5. The minimum Gasteiger partial charge on any atom is -0.366 e. The Balaban J connectivity index is 0.000000364. The van der Waals surface area contributed by atoms with Gasteiger partial charge in [0.05, 0.1) is 0 Å². The Hall–Kier alpha value is -1.75. The van der Waals surface area contributed by atoms with Crippen molar-refractivity contribution >= 4 is 48.9 Å². The first-order chi connectivity index (χ1) is 9.73. The second kappa shape index (κ2) is 11.0. The van der Waals surface area contributed by atoms with Crippen molar-refractivity contribution in [3.63, 3.8) is 0 Å². The second-order valence-corrected chi connectivity index (χ2v) is 3.70. The molecule has 0 nitrogen and oxygen atoms in total. The molecule has 0 bridgehead atoms. The molecular weight excluding hydrogens is 378 g/mol. The molecule has 0 atom stereocenters. The smallest absolute Gasteiger partial charge is 0.366 e. The Morgan fingerprint density at radius 3 is 1.29 bits per heavy atom. The average molecular weight is 388 g/mol. The van der Waals surface area contributed by atoms with Gasteiger partial charge in [-0.2, -0.15) is 0 Å². The second-order valence-electron chi connectivity index (χ2n) is 3.70. The van der Waals surface area contributed by atoms with Crippen LogP contribution in [0.5, 0.6) is 0 Å². The van der Waals surface area contributed by atoms with Crippen LogP contribution in [0.3, 0.4) is 0 Å². The predicted molar refractivity (Wildman–Crippen MR) is 87.0 cm³/mol. The minimum atomic E-state index is 0. The van der Waals surface area contributed by atoms with E-state index in [1.165, 1.54) is 0 Å². The molecule has 0 spiro atoms. The molecule has 0 aliphatic heterocycles. The first-order valence-electron chi connectivity index (χ1n) is 5.72. The normalized spacial score (nSPS) is 7.43. The van der Waals surface area contributed by atoms with E-state index in [-0.39, 0.29) is 48.9 Å². The van der Waals surface area contributed by atoms with Gasteiger partial charge in [0.15, 0.2) is 0 Å². The van der Waals surface area contributed by atoms with E-state index in [1.54, 1.807) is 24.3 Å². The Morgan fingerprint density at radius 1 is 0.667 bits per heavy atom. The van der Waals surface area contributed by atoms with Crippen LogP contribution >= 0.6 is 0 Å². The molecule has 0 aromatic heterocycles. The van der Waals surface area contributed by atoms with Crippen molar-refractivity contribution in [3.05, 3.63) is 83.6 Å². The van der Waals surface area contributed by atoms with Crippen molar-refractivity contribution in [1.29, 1.82) is 0 Å². The van der Waals surface area contributed by atoms with Crippen molar-refractivity contribution in [2.75, 3.05) is 0 Å². The van der Waals surface area contributed by atoms with Crippen molar-refractivity contribution in [1.82, 2.24) is 0 Å². The van der Waals surface area contributed by atoms with Gasteiger partial charge in [0, 0.05) is 11.1 Å². The minimum absolute atomic E-state index is 0. The number of hydrogen-bond donors (Lipinski definition) is 0. The van der Waals surface area contributed by atoms with Crippen LogP contribution in [-0.2, 0) is 0 Å². The number of hydrogen-bond acceptors (Lipinski definition) is 0. The van der Waals surface area contributed by atoms with Crippen molar-refractivity contribution in [2.45, 2.75) is 0 Å². The first kappa shape index (κ1) is 19.3. The van der Waals surface area contributed by atoms with Gasteiger partial charge in [-0.15, -0.1) is 48.2 Å². The molecule has 0 saturated carbocycles. The molecule has 21 heavy (non-hydrogen) atoms. The molecule has 0 N–H and O–H groups in total. The van der Waals surface area contributed by atoms with Gasteiger partial charge in [-0.1, -0.05) is 24.0 Å². The molecule has 0 heterocycles. The molecule has 0 aliphatic rings. The maximum Gasteiger partial charge on any atom is 2.00 e. The van der Waals surface area contributed by atoms with Crippen molar-refractivity contribution < 1.29 is 0 Å². The molecular formula is C20H10Ba. The van der Waals surface area contributed by atoms with Gasteiger partial charge in [0.1, 0.15) is 0 Å². The first-order valence-corrected chi connectivity index (χ1v) is 5.72. The van der Waals surface area contributed by atoms with E-state index in [0.29, 0.717) is 0 Å². The quantitative estimate of drug-likeness (QED) is 0.370. The summed E-state index contributed by atoms with van der Waals surface area (Å²) in [5.74, 6) is 9.47. The third kappa shape index (κ3) is 6.99. The molecule has 0 saturated heterocycles. The zero-order chi connectivity index (χ0) is 14.8. The fraction of sp³-hybridized carbons (Fsp3) is 0. The van der Waals surface area contributed by atoms with Gasteiger partial charge in [-0.25, -0.2) is 0 Å². The topological polar surface area (TPSA) is 0 Å². The monoisotopic (exact) mass is 388 g/mol. The number of terminal acetylenes is 2. The summed E-state index contributed by atoms with van der Waals surface area (Å²) >= 11 is 0. The van der Waals surface area contributed by atoms with Crippen molar-refractivity contribution in [3.8, 4) is 36.5 Å². The number of benzene rings is 2. The van der Waals surface area contributed by atoms with Crippen LogP contribution < -0.4 is 0 Å².